The zero-order valence-electron chi connectivity index (χ0n) is 10.7. The molecule has 0 radical (unpaired) electrons. The highest BCUT2D eigenvalue weighted by Crippen LogP contribution is 1.95. The largest absolute Gasteiger partial charge is 0.360 e. The second-order valence-electron chi connectivity index (χ2n) is 4.39. The third-order valence-electron chi connectivity index (χ3n) is 2.01. The molecule has 0 aromatic carbocycles. The third-order valence-corrected chi connectivity index (χ3v) is 2.39. The molecule has 0 heterocycles. The second-order valence-corrected chi connectivity index (χ2v) is 4.78. The number of likely N-dealkylation sites (N-methyl/N-ethyl adjacent to an activating group) is 1. The van der Waals surface area contributed by atoms with E-state index in [2.05, 4.69) is 50.0 Å². The molecular formula is C11H25N3S. The normalized spacial score (nSPS) is 10.9. The standard InChI is InChI=1S/C11H25N3S/c1-6-7-14(9-8-13(4)5)11(15)12-10(2)3/h10H,6-9H2,1-5H3,(H,12,15). The molecule has 0 fully saturated rings. The van der Waals surface area contributed by atoms with Crippen molar-refractivity contribution >= 4 is 17.3 Å². The average Bonchev–Trinajstić information content (AvgIpc) is 2.10. The predicted octanol–water partition coefficient (Wildman–Crippen LogP) is 1.54. The Morgan fingerprint density at radius 2 is 1.80 bits per heavy atom. The number of rotatable bonds is 6. The quantitative estimate of drug-likeness (QED) is 0.699. The first-order valence-corrected chi connectivity index (χ1v) is 6.08. The Hall–Kier alpha value is -0.350. The van der Waals surface area contributed by atoms with Crippen molar-refractivity contribution in [3.05, 3.63) is 0 Å². The fourth-order valence-corrected chi connectivity index (χ4v) is 1.66. The Bertz CT molecular complexity index is 181. The van der Waals surface area contributed by atoms with E-state index in [9.17, 15) is 0 Å². The van der Waals surface area contributed by atoms with Gasteiger partial charge in [0, 0.05) is 25.7 Å². The lowest BCUT2D eigenvalue weighted by molar-refractivity contribution is 0.325. The van der Waals surface area contributed by atoms with Gasteiger partial charge in [0.1, 0.15) is 0 Å². The van der Waals surface area contributed by atoms with Gasteiger partial charge in [0.25, 0.3) is 0 Å². The molecule has 90 valence electrons. The van der Waals surface area contributed by atoms with Gasteiger partial charge < -0.3 is 15.1 Å². The second kappa shape index (κ2) is 7.88. The number of nitrogens with zero attached hydrogens (tertiary/aromatic N) is 2. The van der Waals surface area contributed by atoms with E-state index >= 15 is 0 Å². The molecule has 0 aliphatic carbocycles. The summed E-state index contributed by atoms with van der Waals surface area (Å²) in [5, 5.41) is 4.17. The van der Waals surface area contributed by atoms with Crippen molar-refractivity contribution in [1.29, 1.82) is 0 Å². The van der Waals surface area contributed by atoms with Crippen molar-refractivity contribution in [1.82, 2.24) is 15.1 Å². The van der Waals surface area contributed by atoms with Gasteiger partial charge in [-0.15, -0.1) is 0 Å². The van der Waals surface area contributed by atoms with Crippen LogP contribution in [0.15, 0.2) is 0 Å². The van der Waals surface area contributed by atoms with Crippen LogP contribution in [0.25, 0.3) is 0 Å². The fourth-order valence-electron chi connectivity index (χ4n) is 1.24. The van der Waals surface area contributed by atoms with E-state index in [1.165, 1.54) is 0 Å². The molecule has 0 aliphatic heterocycles. The van der Waals surface area contributed by atoms with Crippen LogP contribution in [0.5, 0.6) is 0 Å². The lowest BCUT2D eigenvalue weighted by Crippen LogP contribution is -2.45. The summed E-state index contributed by atoms with van der Waals surface area (Å²) in [5.74, 6) is 0. The van der Waals surface area contributed by atoms with Crippen LogP contribution in [0.1, 0.15) is 27.2 Å². The van der Waals surface area contributed by atoms with E-state index in [0.717, 1.165) is 31.2 Å². The molecule has 0 aromatic rings. The van der Waals surface area contributed by atoms with Crippen LogP contribution in [0.2, 0.25) is 0 Å². The van der Waals surface area contributed by atoms with Crippen LogP contribution < -0.4 is 5.32 Å². The first kappa shape index (κ1) is 14.6. The summed E-state index contributed by atoms with van der Waals surface area (Å²) in [4.78, 5) is 4.43. The number of nitrogens with one attached hydrogen (secondary N) is 1. The molecule has 0 saturated carbocycles. The van der Waals surface area contributed by atoms with Crippen LogP contribution in [-0.2, 0) is 0 Å². The molecule has 0 spiro atoms. The first-order chi connectivity index (χ1) is 6.97. The first-order valence-electron chi connectivity index (χ1n) is 5.67. The molecule has 0 bridgehead atoms. The molecule has 3 nitrogen and oxygen atoms in total. The van der Waals surface area contributed by atoms with Gasteiger partial charge >= 0.3 is 0 Å². The Balaban J connectivity index is 4.06. The van der Waals surface area contributed by atoms with Crippen molar-refractivity contribution in [2.75, 3.05) is 33.7 Å². The Morgan fingerprint density at radius 1 is 1.20 bits per heavy atom. The monoisotopic (exact) mass is 231 g/mol. The molecule has 4 heteroatoms. The van der Waals surface area contributed by atoms with Crippen LogP contribution in [0.4, 0.5) is 0 Å². The molecule has 0 unspecified atom stereocenters. The topological polar surface area (TPSA) is 18.5 Å². The van der Waals surface area contributed by atoms with Gasteiger partial charge in [-0.2, -0.15) is 0 Å². The highest BCUT2D eigenvalue weighted by atomic mass is 32.1. The summed E-state index contributed by atoms with van der Waals surface area (Å²) < 4.78 is 0. The summed E-state index contributed by atoms with van der Waals surface area (Å²) in [7, 11) is 4.17. The number of hydrogen-bond donors (Lipinski definition) is 1. The van der Waals surface area contributed by atoms with E-state index in [1.54, 1.807) is 0 Å². The van der Waals surface area contributed by atoms with E-state index in [-0.39, 0.29) is 0 Å². The summed E-state index contributed by atoms with van der Waals surface area (Å²) in [5.41, 5.74) is 0. The summed E-state index contributed by atoms with van der Waals surface area (Å²) in [6, 6.07) is 0.413. The third kappa shape index (κ3) is 7.56. The number of thiocarbonyl (C=S) groups is 1. The Labute approximate surface area is 99.8 Å². The van der Waals surface area contributed by atoms with Gasteiger partial charge in [0.15, 0.2) is 5.11 Å². The molecule has 15 heavy (non-hydrogen) atoms. The molecule has 0 amide bonds. The van der Waals surface area contributed by atoms with E-state index in [4.69, 9.17) is 12.2 Å². The smallest absolute Gasteiger partial charge is 0.169 e. The molecule has 0 atom stereocenters. The maximum atomic E-state index is 5.37. The van der Waals surface area contributed by atoms with Crippen molar-refractivity contribution in [3.8, 4) is 0 Å². The molecule has 0 aromatic heterocycles. The molecule has 0 saturated heterocycles. The predicted molar refractivity (Wildman–Crippen MR) is 71.3 cm³/mol. The maximum Gasteiger partial charge on any atom is 0.169 e. The molecule has 0 rings (SSSR count). The van der Waals surface area contributed by atoms with Gasteiger partial charge in [-0.25, -0.2) is 0 Å². The van der Waals surface area contributed by atoms with E-state index in [1.807, 2.05) is 0 Å². The summed E-state index contributed by atoms with van der Waals surface area (Å²) in [6.45, 7) is 9.48. The van der Waals surface area contributed by atoms with Crippen molar-refractivity contribution in [2.45, 2.75) is 33.2 Å². The van der Waals surface area contributed by atoms with Crippen LogP contribution >= 0.6 is 12.2 Å². The summed E-state index contributed by atoms with van der Waals surface area (Å²) >= 11 is 5.37. The van der Waals surface area contributed by atoms with E-state index < -0.39 is 0 Å². The van der Waals surface area contributed by atoms with Gasteiger partial charge in [-0.05, 0) is 46.6 Å². The van der Waals surface area contributed by atoms with E-state index in [0.29, 0.717) is 6.04 Å². The Kier molecular flexibility index (Phi) is 7.70. The van der Waals surface area contributed by atoms with Crippen molar-refractivity contribution in [2.24, 2.45) is 0 Å². The highest BCUT2D eigenvalue weighted by molar-refractivity contribution is 7.80. The average molecular weight is 231 g/mol. The lowest BCUT2D eigenvalue weighted by atomic mass is 10.4. The molecule has 0 aliphatic rings. The zero-order valence-corrected chi connectivity index (χ0v) is 11.5. The lowest BCUT2D eigenvalue weighted by Gasteiger charge is -2.28. The van der Waals surface area contributed by atoms with Crippen molar-refractivity contribution in [3.63, 3.8) is 0 Å². The Morgan fingerprint density at radius 3 is 2.20 bits per heavy atom. The van der Waals surface area contributed by atoms with Crippen molar-refractivity contribution < 1.29 is 0 Å². The van der Waals surface area contributed by atoms with Crippen LogP contribution in [0, 0.1) is 0 Å². The van der Waals surface area contributed by atoms with Gasteiger partial charge in [-0.3, -0.25) is 0 Å². The van der Waals surface area contributed by atoms with Crippen LogP contribution in [-0.4, -0.2) is 54.7 Å². The van der Waals surface area contributed by atoms with Crippen LogP contribution in [0.3, 0.4) is 0 Å². The zero-order chi connectivity index (χ0) is 11.8. The summed E-state index contributed by atoms with van der Waals surface area (Å²) in [6.07, 6.45) is 1.13. The SMILES string of the molecule is CCCN(CCN(C)C)C(=S)NC(C)C. The van der Waals surface area contributed by atoms with Gasteiger partial charge in [0.2, 0.25) is 0 Å². The van der Waals surface area contributed by atoms with Gasteiger partial charge in [0.05, 0.1) is 0 Å². The minimum atomic E-state index is 0.413. The fraction of sp³-hybridized carbons (Fsp3) is 0.909. The molecule has 1 N–H and O–H groups in total. The highest BCUT2D eigenvalue weighted by Gasteiger charge is 2.09. The minimum absolute atomic E-state index is 0.413. The maximum absolute atomic E-state index is 5.37. The number of hydrogen-bond acceptors (Lipinski definition) is 2. The van der Waals surface area contributed by atoms with Gasteiger partial charge in [-0.1, -0.05) is 6.92 Å². The minimum Gasteiger partial charge on any atom is -0.360 e. The molecular weight excluding hydrogens is 206 g/mol.